The Morgan fingerprint density at radius 1 is 1.12 bits per heavy atom. The molecular formula is C12H18BrNO2. The molecule has 1 rings (SSSR count). The van der Waals surface area contributed by atoms with Gasteiger partial charge in [0, 0.05) is 11.8 Å². The summed E-state index contributed by atoms with van der Waals surface area (Å²) in [4.78, 5) is 4.17. The lowest BCUT2D eigenvalue weighted by Crippen LogP contribution is -2.18. The van der Waals surface area contributed by atoms with Crippen LogP contribution in [0.25, 0.3) is 0 Å². The summed E-state index contributed by atoms with van der Waals surface area (Å²) >= 11 is 3.41. The van der Waals surface area contributed by atoms with Gasteiger partial charge in [-0.05, 0) is 55.8 Å². The molecule has 0 amide bonds. The van der Waals surface area contributed by atoms with E-state index in [1.54, 1.807) is 6.20 Å². The van der Waals surface area contributed by atoms with Crippen molar-refractivity contribution in [2.75, 3.05) is 0 Å². The predicted octanol–water partition coefficient (Wildman–Crippen LogP) is 3.69. The molecule has 0 spiro atoms. The molecule has 3 nitrogen and oxygen atoms in total. The molecule has 0 saturated heterocycles. The Kier molecular flexibility index (Phi) is 5.38. The number of aromatic nitrogens is 1. The second-order valence-electron chi connectivity index (χ2n) is 4.09. The molecule has 0 unspecified atom stereocenters. The molecule has 0 aliphatic rings. The Balaban J connectivity index is 2.87. The van der Waals surface area contributed by atoms with Gasteiger partial charge in [0.15, 0.2) is 6.29 Å². The van der Waals surface area contributed by atoms with Crippen molar-refractivity contribution >= 4 is 15.9 Å². The van der Waals surface area contributed by atoms with Crippen molar-refractivity contribution in [3.8, 4) is 0 Å². The van der Waals surface area contributed by atoms with E-state index in [1.165, 1.54) is 0 Å². The molecule has 0 N–H and O–H groups in total. The lowest BCUT2D eigenvalue weighted by Gasteiger charge is -2.23. The number of halogens is 1. The smallest absolute Gasteiger partial charge is 0.186 e. The molecule has 0 aliphatic carbocycles. The first-order valence-corrected chi connectivity index (χ1v) is 6.21. The van der Waals surface area contributed by atoms with Gasteiger partial charge in [-0.3, -0.25) is 0 Å². The van der Waals surface area contributed by atoms with E-state index >= 15 is 0 Å². The molecule has 16 heavy (non-hydrogen) atoms. The van der Waals surface area contributed by atoms with Crippen LogP contribution in [0, 0.1) is 0 Å². The van der Waals surface area contributed by atoms with Gasteiger partial charge < -0.3 is 9.47 Å². The number of hydrogen-bond acceptors (Lipinski definition) is 3. The van der Waals surface area contributed by atoms with Gasteiger partial charge in [0.2, 0.25) is 0 Å². The van der Waals surface area contributed by atoms with Crippen molar-refractivity contribution in [1.82, 2.24) is 4.98 Å². The number of pyridine rings is 1. The van der Waals surface area contributed by atoms with E-state index in [0.717, 1.165) is 10.2 Å². The predicted molar refractivity (Wildman–Crippen MR) is 67.1 cm³/mol. The van der Waals surface area contributed by atoms with Crippen LogP contribution in [0.4, 0.5) is 0 Å². The Labute approximate surface area is 105 Å². The van der Waals surface area contributed by atoms with Gasteiger partial charge in [0.05, 0.1) is 12.2 Å². The maximum absolute atomic E-state index is 5.74. The summed E-state index contributed by atoms with van der Waals surface area (Å²) in [7, 11) is 0. The Morgan fingerprint density at radius 2 is 1.69 bits per heavy atom. The summed E-state index contributed by atoms with van der Waals surface area (Å²) in [6.07, 6.45) is 1.57. The third kappa shape index (κ3) is 4.20. The summed E-state index contributed by atoms with van der Waals surface area (Å²) in [5.74, 6) is 0. The van der Waals surface area contributed by atoms with E-state index in [4.69, 9.17) is 9.47 Å². The fourth-order valence-electron chi connectivity index (χ4n) is 1.25. The van der Waals surface area contributed by atoms with Crippen molar-refractivity contribution in [1.29, 1.82) is 0 Å². The van der Waals surface area contributed by atoms with Crippen molar-refractivity contribution in [3.63, 3.8) is 0 Å². The molecule has 0 saturated carbocycles. The zero-order valence-electron chi connectivity index (χ0n) is 10.1. The van der Waals surface area contributed by atoms with Crippen LogP contribution in [0.3, 0.4) is 0 Å². The van der Waals surface area contributed by atoms with E-state index in [1.807, 2.05) is 39.8 Å². The topological polar surface area (TPSA) is 31.4 Å². The van der Waals surface area contributed by atoms with Gasteiger partial charge in [-0.25, -0.2) is 4.98 Å². The highest BCUT2D eigenvalue weighted by Crippen LogP contribution is 2.27. The minimum atomic E-state index is -0.372. The molecule has 1 aromatic rings. The molecule has 90 valence electrons. The van der Waals surface area contributed by atoms with Crippen LogP contribution >= 0.6 is 15.9 Å². The lowest BCUT2D eigenvalue weighted by atomic mass is 10.2. The molecule has 0 radical (unpaired) electrons. The van der Waals surface area contributed by atoms with Crippen LogP contribution in [-0.4, -0.2) is 17.2 Å². The third-order valence-corrected chi connectivity index (χ3v) is 2.50. The third-order valence-electron chi connectivity index (χ3n) is 1.83. The van der Waals surface area contributed by atoms with Gasteiger partial charge >= 0.3 is 0 Å². The molecule has 4 heteroatoms. The Hall–Kier alpha value is -0.450. The quantitative estimate of drug-likeness (QED) is 0.611. The average Bonchev–Trinajstić information content (AvgIpc) is 2.15. The molecule has 1 aromatic heterocycles. The van der Waals surface area contributed by atoms with Gasteiger partial charge in [0.1, 0.15) is 4.60 Å². The molecule has 0 aliphatic heterocycles. The van der Waals surface area contributed by atoms with Gasteiger partial charge in [0.25, 0.3) is 0 Å². The monoisotopic (exact) mass is 287 g/mol. The number of rotatable bonds is 5. The van der Waals surface area contributed by atoms with Gasteiger partial charge in [-0.1, -0.05) is 0 Å². The second-order valence-corrected chi connectivity index (χ2v) is 4.84. The minimum Gasteiger partial charge on any atom is -0.346 e. The highest BCUT2D eigenvalue weighted by Gasteiger charge is 2.18. The normalized spacial score (nSPS) is 11.8. The van der Waals surface area contributed by atoms with Crippen LogP contribution in [0.5, 0.6) is 0 Å². The van der Waals surface area contributed by atoms with E-state index < -0.39 is 0 Å². The summed E-state index contributed by atoms with van der Waals surface area (Å²) in [6.45, 7) is 7.95. The molecule has 0 atom stereocenters. The first-order chi connectivity index (χ1) is 7.50. The van der Waals surface area contributed by atoms with Crippen LogP contribution < -0.4 is 0 Å². The van der Waals surface area contributed by atoms with Crippen molar-refractivity contribution in [2.24, 2.45) is 0 Å². The van der Waals surface area contributed by atoms with Crippen molar-refractivity contribution in [2.45, 2.75) is 46.2 Å². The summed E-state index contributed by atoms with van der Waals surface area (Å²) in [5.41, 5.74) is 0.921. The summed E-state index contributed by atoms with van der Waals surface area (Å²) in [5, 5.41) is 0. The highest BCUT2D eigenvalue weighted by atomic mass is 79.9. The molecule has 1 heterocycles. The Morgan fingerprint density at radius 3 is 2.12 bits per heavy atom. The van der Waals surface area contributed by atoms with E-state index in [9.17, 15) is 0 Å². The Bertz CT molecular complexity index is 319. The molecule has 0 fully saturated rings. The zero-order chi connectivity index (χ0) is 12.1. The fraction of sp³-hybridized carbons (Fsp3) is 0.583. The zero-order valence-corrected chi connectivity index (χ0v) is 11.7. The van der Waals surface area contributed by atoms with Gasteiger partial charge in [-0.15, -0.1) is 0 Å². The number of ether oxygens (including phenoxy) is 2. The first kappa shape index (κ1) is 13.6. The van der Waals surface area contributed by atoms with Crippen LogP contribution in [0.1, 0.15) is 39.5 Å². The summed E-state index contributed by atoms with van der Waals surface area (Å²) in [6, 6.07) is 3.83. The highest BCUT2D eigenvalue weighted by molar-refractivity contribution is 9.10. The average molecular weight is 288 g/mol. The fourth-order valence-corrected chi connectivity index (χ4v) is 1.68. The van der Waals surface area contributed by atoms with Crippen molar-refractivity contribution in [3.05, 3.63) is 28.5 Å². The maximum Gasteiger partial charge on any atom is 0.186 e. The van der Waals surface area contributed by atoms with E-state index in [2.05, 4.69) is 20.9 Å². The van der Waals surface area contributed by atoms with Crippen molar-refractivity contribution < 1.29 is 9.47 Å². The minimum absolute atomic E-state index is 0.107. The number of nitrogens with zero attached hydrogens (tertiary/aromatic N) is 1. The number of hydrogen-bond donors (Lipinski definition) is 0. The largest absolute Gasteiger partial charge is 0.346 e. The SMILES string of the molecule is CC(C)OC(OC(C)C)c1cccnc1Br. The van der Waals surface area contributed by atoms with E-state index in [0.29, 0.717) is 0 Å². The van der Waals surface area contributed by atoms with Crippen LogP contribution in [0.15, 0.2) is 22.9 Å². The first-order valence-electron chi connectivity index (χ1n) is 5.42. The molecule has 0 aromatic carbocycles. The molecule has 0 bridgehead atoms. The summed E-state index contributed by atoms with van der Waals surface area (Å²) < 4.78 is 12.2. The molecular weight excluding hydrogens is 270 g/mol. The van der Waals surface area contributed by atoms with Crippen LogP contribution in [-0.2, 0) is 9.47 Å². The standard InChI is InChI=1S/C12H18BrNO2/c1-8(2)15-12(16-9(3)4)10-6-5-7-14-11(10)13/h5-9,12H,1-4H3. The van der Waals surface area contributed by atoms with E-state index in [-0.39, 0.29) is 18.5 Å². The lowest BCUT2D eigenvalue weighted by molar-refractivity contribution is -0.186. The van der Waals surface area contributed by atoms with Gasteiger partial charge in [-0.2, -0.15) is 0 Å². The van der Waals surface area contributed by atoms with Crippen LogP contribution in [0.2, 0.25) is 0 Å². The second kappa shape index (κ2) is 6.33. The maximum atomic E-state index is 5.74.